The summed E-state index contributed by atoms with van der Waals surface area (Å²) in [6.45, 7) is 0.312. The van der Waals surface area contributed by atoms with E-state index in [-0.39, 0.29) is 12.2 Å². The molecule has 0 amide bonds. The van der Waals surface area contributed by atoms with Crippen LogP contribution in [0.3, 0.4) is 0 Å². The van der Waals surface area contributed by atoms with Crippen LogP contribution in [-0.2, 0) is 11.7 Å². The number of halogens is 3. The second-order valence-corrected chi connectivity index (χ2v) is 4.67. The predicted molar refractivity (Wildman–Crippen MR) is 62.1 cm³/mol. The van der Waals surface area contributed by atoms with Crippen LogP contribution in [0.2, 0.25) is 0 Å². The smallest absolute Gasteiger partial charge is 0.394 e. The normalized spacial score (nSPS) is 25.1. The second-order valence-electron chi connectivity index (χ2n) is 4.67. The van der Waals surface area contributed by atoms with E-state index in [0.29, 0.717) is 13.0 Å². The molecule has 2 rings (SSSR count). The van der Waals surface area contributed by atoms with Gasteiger partial charge < -0.3 is 10.4 Å². The summed E-state index contributed by atoms with van der Waals surface area (Å²) in [5.74, 6) is 0. The summed E-state index contributed by atoms with van der Waals surface area (Å²) in [5, 5.41) is 12.6. The van der Waals surface area contributed by atoms with E-state index in [9.17, 15) is 18.3 Å². The molecule has 0 radical (unpaired) electrons. The minimum absolute atomic E-state index is 0.153. The summed E-state index contributed by atoms with van der Waals surface area (Å²) in [5.41, 5.74) is -1.46. The third-order valence-electron chi connectivity index (χ3n) is 3.51. The fraction of sp³-hybridized carbons (Fsp3) is 0.538. The van der Waals surface area contributed by atoms with Crippen LogP contribution in [0.5, 0.6) is 0 Å². The molecule has 0 saturated carbocycles. The van der Waals surface area contributed by atoms with Crippen molar-refractivity contribution in [2.24, 2.45) is 0 Å². The van der Waals surface area contributed by atoms with Gasteiger partial charge in [0.25, 0.3) is 0 Å². The number of benzene rings is 1. The maximum atomic E-state index is 13.0. The minimum atomic E-state index is -4.39. The fourth-order valence-electron chi connectivity index (χ4n) is 2.57. The molecule has 1 aromatic rings. The van der Waals surface area contributed by atoms with Gasteiger partial charge in [-0.1, -0.05) is 18.2 Å². The van der Waals surface area contributed by atoms with Crippen molar-refractivity contribution in [1.29, 1.82) is 0 Å². The van der Waals surface area contributed by atoms with Crippen LogP contribution in [0.1, 0.15) is 30.4 Å². The Labute approximate surface area is 104 Å². The minimum Gasteiger partial charge on any atom is -0.394 e. The van der Waals surface area contributed by atoms with E-state index in [1.807, 2.05) is 0 Å². The van der Waals surface area contributed by atoms with Crippen LogP contribution in [-0.4, -0.2) is 18.3 Å². The van der Waals surface area contributed by atoms with Gasteiger partial charge in [0.15, 0.2) is 0 Å². The quantitative estimate of drug-likeness (QED) is 0.855. The maximum absolute atomic E-state index is 13.0. The third kappa shape index (κ3) is 2.37. The number of hydrogen-bond acceptors (Lipinski definition) is 2. The van der Waals surface area contributed by atoms with Gasteiger partial charge in [0.05, 0.1) is 17.7 Å². The summed E-state index contributed by atoms with van der Waals surface area (Å²) < 4.78 is 39.0. The molecule has 18 heavy (non-hydrogen) atoms. The molecule has 1 atom stereocenters. The Morgan fingerprint density at radius 2 is 1.94 bits per heavy atom. The number of piperidine rings is 1. The lowest BCUT2D eigenvalue weighted by atomic mass is 9.80. The number of aliphatic hydroxyl groups excluding tert-OH is 1. The largest absolute Gasteiger partial charge is 0.416 e. The summed E-state index contributed by atoms with van der Waals surface area (Å²) in [7, 11) is 0. The molecule has 2 nitrogen and oxygen atoms in total. The zero-order valence-electron chi connectivity index (χ0n) is 9.93. The van der Waals surface area contributed by atoms with Crippen molar-refractivity contribution in [3.63, 3.8) is 0 Å². The van der Waals surface area contributed by atoms with Gasteiger partial charge in [-0.15, -0.1) is 0 Å². The number of nitrogens with one attached hydrogen (secondary N) is 1. The molecule has 100 valence electrons. The second kappa shape index (κ2) is 4.90. The highest BCUT2D eigenvalue weighted by Gasteiger charge is 2.41. The Hall–Kier alpha value is -1.07. The molecule has 1 aliphatic heterocycles. The maximum Gasteiger partial charge on any atom is 0.416 e. The van der Waals surface area contributed by atoms with Crippen LogP contribution in [0.4, 0.5) is 13.2 Å². The van der Waals surface area contributed by atoms with Gasteiger partial charge in [-0.3, -0.25) is 0 Å². The molecular weight excluding hydrogens is 243 g/mol. The molecule has 0 aromatic heterocycles. The highest BCUT2D eigenvalue weighted by Crippen LogP contribution is 2.39. The van der Waals surface area contributed by atoms with Crippen molar-refractivity contribution in [3.8, 4) is 0 Å². The zero-order chi connectivity index (χ0) is 13.2. The van der Waals surface area contributed by atoms with Gasteiger partial charge in [-0.25, -0.2) is 0 Å². The Morgan fingerprint density at radius 1 is 1.22 bits per heavy atom. The first-order valence-corrected chi connectivity index (χ1v) is 6.02. The summed E-state index contributed by atoms with van der Waals surface area (Å²) in [6, 6.07) is 5.49. The first-order valence-electron chi connectivity index (χ1n) is 6.02. The van der Waals surface area contributed by atoms with E-state index >= 15 is 0 Å². The van der Waals surface area contributed by atoms with Crippen molar-refractivity contribution >= 4 is 0 Å². The first-order chi connectivity index (χ1) is 8.49. The van der Waals surface area contributed by atoms with E-state index < -0.39 is 17.3 Å². The lowest BCUT2D eigenvalue weighted by molar-refractivity contribution is -0.139. The van der Waals surface area contributed by atoms with Crippen LogP contribution in [0.15, 0.2) is 24.3 Å². The van der Waals surface area contributed by atoms with Gasteiger partial charge >= 0.3 is 6.18 Å². The van der Waals surface area contributed by atoms with Crippen molar-refractivity contribution in [2.45, 2.75) is 31.0 Å². The summed E-state index contributed by atoms with van der Waals surface area (Å²) in [4.78, 5) is 0. The van der Waals surface area contributed by atoms with Crippen molar-refractivity contribution in [2.75, 3.05) is 13.2 Å². The van der Waals surface area contributed by atoms with Crippen molar-refractivity contribution in [1.82, 2.24) is 5.32 Å². The van der Waals surface area contributed by atoms with Gasteiger partial charge in [0.1, 0.15) is 0 Å². The molecule has 1 fully saturated rings. The average Bonchev–Trinajstić information content (AvgIpc) is 2.38. The lowest BCUT2D eigenvalue weighted by Crippen LogP contribution is -2.49. The molecule has 1 saturated heterocycles. The third-order valence-corrected chi connectivity index (χ3v) is 3.51. The van der Waals surface area contributed by atoms with Crippen molar-refractivity contribution < 1.29 is 18.3 Å². The molecule has 5 heteroatoms. The van der Waals surface area contributed by atoms with Gasteiger partial charge in [0.2, 0.25) is 0 Å². The lowest BCUT2D eigenvalue weighted by Gasteiger charge is -2.38. The SMILES string of the molecule is OCC1(c2ccccc2C(F)(F)F)CCCCN1. The average molecular weight is 259 g/mol. The first kappa shape index (κ1) is 13.4. The van der Waals surface area contributed by atoms with E-state index in [2.05, 4.69) is 5.32 Å². The Morgan fingerprint density at radius 3 is 2.50 bits per heavy atom. The molecule has 0 spiro atoms. The van der Waals surface area contributed by atoms with Crippen LogP contribution < -0.4 is 5.32 Å². The van der Waals surface area contributed by atoms with Crippen LogP contribution in [0.25, 0.3) is 0 Å². The standard InChI is InChI=1S/C13H16F3NO/c14-13(15,16)11-6-2-1-5-10(11)12(9-18)7-3-4-8-17-12/h1-2,5-6,17-18H,3-4,7-9H2. The highest BCUT2D eigenvalue weighted by atomic mass is 19.4. The molecule has 1 heterocycles. The molecule has 0 aliphatic carbocycles. The molecule has 2 N–H and O–H groups in total. The van der Waals surface area contributed by atoms with Crippen LogP contribution in [0, 0.1) is 0 Å². The molecule has 1 aromatic carbocycles. The number of rotatable bonds is 2. The van der Waals surface area contributed by atoms with E-state index in [0.717, 1.165) is 18.9 Å². The topological polar surface area (TPSA) is 32.3 Å². The van der Waals surface area contributed by atoms with E-state index in [4.69, 9.17) is 0 Å². The number of hydrogen-bond donors (Lipinski definition) is 2. The number of alkyl halides is 3. The van der Waals surface area contributed by atoms with Crippen LogP contribution >= 0.6 is 0 Å². The Balaban J connectivity index is 2.48. The molecule has 1 unspecified atom stereocenters. The van der Waals surface area contributed by atoms with E-state index in [1.165, 1.54) is 12.1 Å². The molecule has 0 bridgehead atoms. The van der Waals surface area contributed by atoms with Gasteiger partial charge in [0, 0.05) is 0 Å². The fourth-order valence-corrected chi connectivity index (χ4v) is 2.57. The highest BCUT2D eigenvalue weighted by molar-refractivity contribution is 5.36. The molecular formula is C13H16F3NO. The van der Waals surface area contributed by atoms with Gasteiger partial charge in [-0.2, -0.15) is 13.2 Å². The Bertz CT molecular complexity index is 411. The van der Waals surface area contributed by atoms with Gasteiger partial charge in [-0.05, 0) is 37.4 Å². The predicted octanol–water partition coefficient (Wildman–Crippen LogP) is 2.67. The monoisotopic (exact) mass is 259 g/mol. The zero-order valence-corrected chi connectivity index (χ0v) is 9.93. The summed E-state index contributed by atoms with van der Waals surface area (Å²) in [6.07, 6.45) is -2.12. The molecule has 1 aliphatic rings. The van der Waals surface area contributed by atoms with Crippen molar-refractivity contribution in [3.05, 3.63) is 35.4 Å². The summed E-state index contributed by atoms with van der Waals surface area (Å²) >= 11 is 0. The Kier molecular flexibility index (Phi) is 3.64. The van der Waals surface area contributed by atoms with E-state index in [1.54, 1.807) is 6.07 Å². The number of aliphatic hydroxyl groups is 1.